The Labute approximate surface area is 108 Å². The molecule has 5 heteroatoms. The first-order chi connectivity index (χ1) is 8.56. The molecule has 0 spiro atoms. The number of nitrogens with one attached hydrogen (secondary N) is 1. The van der Waals surface area contributed by atoms with Crippen LogP contribution in [0.25, 0.3) is 0 Å². The van der Waals surface area contributed by atoms with E-state index in [2.05, 4.69) is 5.32 Å². The molecule has 3 atom stereocenters. The standard InChI is InChI=1S/C13H23FN2O2/c1-4-9(3)11-12(17)15-10(5-2)13(18)16(11)8-6-7-14/h9-11H,4-8H2,1-3H3,(H,15,17). The van der Waals surface area contributed by atoms with Crippen LogP contribution in [0.2, 0.25) is 0 Å². The molecule has 1 aliphatic rings. The average molecular weight is 258 g/mol. The van der Waals surface area contributed by atoms with Gasteiger partial charge in [0.1, 0.15) is 12.1 Å². The van der Waals surface area contributed by atoms with E-state index < -0.39 is 18.8 Å². The van der Waals surface area contributed by atoms with E-state index in [1.807, 2.05) is 20.8 Å². The molecule has 1 rings (SSSR count). The maximum atomic E-state index is 12.3. The van der Waals surface area contributed by atoms with Crippen LogP contribution in [0.1, 0.15) is 40.0 Å². The van der Waals surface area contributed by atoms with Crippen LogP contribution in [0.5, 0.6) is 0 Å². The normalized spacial score (nSPS) is 26.1. The first-order valence-electron chi connectivity index (χ1n) is 6.73. The number of piperazine rings is 1. The van der Waals surface area contributed by atoms with Gasteiger partial charge in [-0.15, -0.1) is 0 Å². The van der Waals surface area contributed by atoms with Crippen molar-refractivity contribution in [1.82, 2.24) is 10.2 Å². The molecular formula is C13H23FN2O2. The number of halogens is 1. The second-order valence-corrected chi connectivity index (χ2v) is 4.87. The summed E-state index contributed by atoms with van der Waals surface area (Å²) in [7, 11) is 0. The summed E-state index contributed by atoms with van der Waals surface area (Å²) in [6, 6.07) is -0.894. The number of alkyl halides is 1. The van der Waals surface area contributed by atoms with Gasteiger partial charge in [0.25, 0.3) is 0 Å². The van der Waals surface area contributed by atoms with E-state index in [1.54, 1.807) is 4.90 Å². The van der Waals surface area contributed by atoms with E-state index >= 15 is 0 Å². The van der Waals surface area contributed by atoms with Crippen molar-refractivity contribution in [2.45, 2.75) is 52.1 Å². The monoisotopic (exact) mass is 258 g/mol. The third-order valence-corrected chi connectivity index (χ3v) is 3.63. The molecular weight excluding hydrogens is 235 g/mol. The van der Waals surface area contributed by atoms with E-state index in [1.165, 1.54) is 0 Å². The first kappa shape index (κ1) is 14.9. The van der Waals surface area contributed by atoms with Crippen LogP contribution >= 0.6 is 0 Å². The number of hydrogen-bond donors (Lipinski definition) is 1. The van der Waals surface area contributed by atoms with Gasteiger partial charge in [-0.3, -0.25) is 14.0 Å². The molecule has 1 aliphatic heterocycles. The van der Waals surface area contributed by atoms with Gasteiger partial charge in [-0.2, -0.15) is 0 Å². The van der Waals surface area contributed by atoms with Gasteiger partial charge in [-0.1, -0.05) is 27.2 Å². The quantitative estimate of drug-likeness (QED) is 0.785. The van der Waals surface area contributed by atoms with Crippen LogP contribution in [-0.2, 0) is 9.59 Å². The summed E-state index contributed by atoms with van der Waals surface area (Å²) in [6.07, 6.45) is 1.68. The number of carbonyl (C=O) groups excluding carboxylic acids is 2. The summed E-state index contributed by atoms with van der Waals surface area (Å²) in [4.78, 5) is 25.9. The van der Waals surface area contributed by atoms with Crippen LogP contribution in [0.3, 0.4) is 0 Å². The van der Waals surface area contributed by atoms with Gasteiger partial charge in [0.15, 0.2) is 0 Å². The number of carbonyl (C=O) groups is 2. The number of rotatable bonds is 6. The second kappa shape index (κ2) is 6.71. The molecule has 0 aromatic heterocycles. The molecule has 0 radical (unpaired) electrons. The molecule has 18 heavy (non-hydrogen) atoms. The maximum absolute atomic E-state index is 12.3. The summed E-state index contributed by atoms with van der Waals surface area (Å²) in [5.74, 6) is -0.0862. The fourth-order valence-corrected chi connectivity index (χ4v) is 2.34. The molecule has 104 valence electrons. The van der Waals surface area contributed by atoms with Gasteiger partial charge in [-0.05, 0) is 18.8 Å². The van der Waals surface area contributed by atoms with Crippen molar-refractivity contribution in [3.05, 3.63) is 0 Å². The van der Waals surface area contributed by atoms with E-state index in [9.17, 15) is 14.0 Å². The van der Waals surface area contributed by atoms with Crippen LogP contribution in [0.4, 0.5) is 4.39 Å². The van der Waals surface area contributed by atoms with Gasteiger partial charge in [0.2, 0.25) is 11.8 Å². The zero-order valence-electron chi connectivity index (χ0n) is 11.4. The summed E-state index contributed by atoms with van der Waals surface area (Å²) in [6.45, 7) is 5.66. The molecule has 1 N–H and O–H groups in total. The van der Waals surface area contributed by atoms with E-state index in [0.717, 1.165) is 6.42 Å². The van der Waals surface area contributed by atoms with Crippen LogP contribution in [-0.4, -0.2) is 42.0 Å². The fourth-order valence-electron chi connectivity index (χ4n) is 2.34. The molecule has 0 bridgehead atoms. The molecule has 1 saturated heterocycles. The number of hydrogen-bond acceptors (Lipinski definition) is 2. The fraction of sp³-hybridized carbons (Fsp3) is 0.846. The summed E-state index contributed by atoms with van der Waals surface area (Å²) >= 11 is 0. The molecule has 4 nitrogen and oxygen atoms in total. The maximum Gasteiger partial charge on any atom is 0.245 e. The lowest BCUT2D eigenvalue weighted by Crippen LogP contribution is -2.65. The SMILES string of the molecule is CCC1NC(=O)C(C(C)CC)N(CCCF)C1=O. The van der Waals surface area contributed by atoms with Crippen molar-refractivity contribution < 1.29 is 14.0 Å². The van der Waals surface area contributed by atoms with Crippen molar-refractivity contribution >= 4 is 11.8 Å². The zero-order chi connectivity index (χ0) is 13.7. The van der Waals surface area contributed by atoms with Crippen LogP contribution in [0, 0.1) is 5.92 Å². The minimum Gasteiger partial charge on any atom is -0.343 e. The highest BCUT2D eigenvalue weighted by Crippen LogP contribution is 2.21. The molecule has 3 unspecified atom stereocenters. The Morgan fingerprint density at radius 3 is 2.56 bits per heavy atom. The van der Waals surface area contributed by atoms with Crippen molar-refractivity contribution in [1.29, 1.82) is 0 Å². The van der Waals surface area contributed by atoms with Crippen molar-refractivity contribution in [2.24, 2.45) is 5.92 Å². The molecule has 0 aromatic carbocycles. The number of nitrogens with zero attached hydrogens (tertiary/aromatic N) is 1. The highest BCUT2D eigenvalue weighted by atomic mass is 19.1. The Hall–Kier alpha value is -1.13. The van der Waals surface area contributed by atoms with Gasteiger partial charge in [-0.25, -0.2) is 0 Å². The molecule has 1 heterocycles. The smallest absolute Gasteiger partial charge is 0.245 e. The second-order valence-electron chi connectivity index (χ2n) is 4.87. The largest absolute Gasteiger partial charge is 0.343 e. The minimum absolute atomic E-state index is 0.0733. The third-order valence-electron chi connectivity index (χ3n) is 3.63. The summed E-state index contributed by atoms with van der Waals surface area (Å²) in [5, 5.41) is 2.76. The molecule has 1 fully saturated rings. The Morgan fingerprint density at radius 2 is 2.06 bits per heavy atom. The minimum atomic E-state index is -0.463. The van der Waals surface area contributed by atoms with Gasteiger partial charge in [0.05, 0.1) is 6.67 Å². The highest BCUT2D eigenvalue weighted by Gasteiger charge is 2.41. The van der Waals surface area contributed by atoms with E-state index in [0.29, 0.717) is 19.4 Å². The molecule has 0 saturated carbocycles. The first-order valence-corrected chi connectivity index (χ1v) is 6.73. The molecule has 2 amide bonds. The van der Waals surface area contributed by atoms with Crippen molar-refractivity contribution in [2.75, 3.05) is 13.2 Å². The number of amides is 2. The van der Waals surface area contributed by atoms with Crippen molar-refractivity contribution in [3.63, 3.8) is 0 Å². The Bertz CT molecular complexity index is 309. The molecule has 0 aromatic rings. The predicted octanol–water partition coefficient (Wildman–Crippen LogP) is 1.50. The zero-order valence-corrected chi connectivity index (χ0v) is 11.4. The lowest BCUT2D eigenvalue weighted by molar-refractivity contribution is -0.151. The average Bonchev–Trinajstić information content (AvgIpc) is 2.38. The van der Waals surface area contributed by atoms with Crippen LogP contribution < -0.4 is 5.32 Å². The summed E-state index contributed by atoms with van der Waals surface area (Å²) in [5.41, 5.74) is 0. The van der Waals surface area contributed by atoms with Gasteiger partial charge < -0.3 is 10.2 Å². The Balaban J connectivity index is 2.90. The van der Waals surface area contributed by atoms with E-state index in [4.69, 9.17) is 0 Å². The van der Waals surface area contributed by atoms with Gasteiger partial charge in [0, 0.05) is 6.54 Å². The predicted molar refractivity (Wildman–Crippen MR) is 67.8 cm³/mol. The molecule has 0 aliphatic carbocycles. The highest BCUT2D eigenvalue weighted by molar-refractivity contribution is 5.97. The Kier molecular flexibility index (Phi) is 5.56. The van der Waals surface area contributed by atoms with Crippen molar-refractivity contribution in [3.8, 4) is 0 Å². The van der Waals surface area contributed by atoms with E-state index in [-0.39, 0.29) is 17.7 Å². The van der Waals surface area contributed by atoms with Gasteiger partial charge >= 0.3 is 0 Å². The summed E-state index contributed by atoms with van der Waals surface area (Å²) < 4.78 is 12.3. The topological polar surface area (TPSA) is 49.4 Å². The third kappa shape index (κ3) is 3.00. The lowest BCUT2D eigenvalue weighted by Gasteiger charge is -2.41. The van der Waals surface area contributed by atoms with Crippen LogP contribution in [0.15, 0.2) is 0 Å². The lowest BCUT2D eigenvalue weighted by atomic mass is 9.92. The Morgan fingerprint density at radius 1 is 1.39 bits per heavy atom.